The average molecular weight is 471 g/mol. The van der Waals surface area contributed by atoms with Gasteiger partial charge in [0.05, 0.1) is 7.11 Å². The highest BCUT2D eigenvalue weighted by Gasteiger charge is 2.16. The maximum atomic E-state index is 5.63. The molecule has 0 radical (unpaired) electrons. The Morgan fingerprint density at radius 3 is 2.00 bits per heavy atom. The van der Waals surface area contributed by atoms with Gasteiger partial charge in [0.1, 0.15) is 5.75 Å². The van der Waals surface area contributed by atoms with Gasteiger partial charge in [0, 0.05) is 12.6 Å². The van der Waals surface area contributed by atoms with Crippen LogP contribution < -0.4 is 15.4 Å². The van der Waals surface area contributed by atoms with Crippen molar-refractivity contribution in [2.75, 3.05) is 13.7 Å². The first-order valence-electron chi connectivity index (χ1n) is 12.3. The van der Waals surface area contributed by atoms with E-state index < -0.39 is 0 Å². The molecule has 1 saturated carbocycles. The van der Waals surface area contributed by atoms with Crippen molar-refractivity contribution >= 4 is 28.5 Å². The Kier molecular flexibility index (Phi) is 8.75. The zero-order valence-corrected chi connectivity index (χ0v) is 20.7. The molecule has 1 fully saturated rings. The third-order valence-electron chi connectivity index (χ3n) is 6.47. The molecule has 2 N–H and O–H groups in total. The average Bonchev–Trinajstić information content (AvgIpc) is 2.90. The highest BCUT2D eigenvalue weighted by Crippen LogP contribution is 2.35. The largest absolute Gasteiger partial charge is 0.497 e. The van der Waals surface area contributed by atoms with E-state index in [0.717, 1.165) is 23.8 Å². The van der Waals surface area contributed by atoms with E-state index in [4.69, 9.17) is 17.0 Å². The van der Waals surface area contributed by atoms with Crippen molar-refractivity contribution in [1.82, 2.24) is 10.6 Å². The van der Waals surface area contributed by atoms with Gasteiger partial charge in [-0.25, -0.2) is 0 Å². The van der Waals surface area contributed by atoms with Gasteiger partial charge >= 0.3 is 0 Å². The summed E-state index contributed by atoms with van der Waals surface area (Å²) in [5.74, 6) is 0.859. The van der Waals surface area contributed by atoms with Crippen molar-refractivity contribution in [1.29, 1.82) is 0 Å². The summed E-state index contributed by atoms with van der Waals surface area (Å²) in [7, 11) is 1.70. The Hall–Kier alpha value is -3.11. The molecule has 4 heteroatoms. The summed E-state index contributed by atoms with van der Waals surface area (Å²) in [6, 6.07) is 30.2. The fourth-order valence-electron chi connectivity index (χ4n) is 4.72. The lowest BCUT2D eigenvalue weighted by Gasteiger charge is -2.24. The van der Waals surface area contributed by atoms with Crippen LogP contribution in [0.5, 0.6) is 5.75 Å². The van der Waals surface area contributed by atoms with E-state index in [2.05, 4.69) is 83.4 Å². The van der Waals surface area contributed by atoms with Crippen molar-refractivity contribution < 1.29 is 4.74 Å². The van der Waals surface area contributed by atoms with Crippen molar-refractivity contribution in [2.24, 2.45) is 0 Å². The molecule has 3 aromatic rings. The van der Waals surface area contributed by atoms with Crippen molar-refractivity contribution in [3.8, 4) is 5.75 Å². The third-order valence-corrected chi connectivity index (χ3v) is 6.73. The zero-order valence-electron chi connectivity index (χ0n) is 19.9. The first-order chi connectivity index (χ1) is 16.7. The lowest BCUT2D eigenvalue weighted by Crippen LogP contribution is -2.43. The molecule has 3 nitrogen and oxygen atoms in total. The normalized spacial score (nSPS) is 14.7. The maximum Gasteiger partial charge on any atom is 0.166 e. The predicted octanol–water partition coefficient (Wildman–Crippen LogP) is 6.84. The third kappa shape index (κ3) is 6.48. The van der Waals surface area contributed by atoms with Gasteiger partial charge in [-0.05, 0) is 71.4 Å². The lowest BCUT2D eigenvalue weighted by atomic mass is 9.88. The summed E-state index contributed by atoms with van der Waals surface area (Å²) in [5.41, 5.74) is 6.14. The van der Waals surface area contributed by atoms with Crippen LogP contribution in [0.15, 0.2) is 84.9 Å². The number of hydrogen-bond donors (Lipinski definition) is 2. The molecule has 0 atom stereocenters. The van der Waals surface area contributed by atoms with Crippen LogP contribution in [0.4, 0.5) is 0 Å². The number of nitrogens with one attached hydrogen (secondary N) is 2. The minimum atomic E-state index is 0.511. The molecule has 176 valence electrons. The van der Waals surface area contributed by atoms with Crippen molar-refractivity contribution in [2.45, 2.75) is 44.6 Å². The first kappa shape index (κ1) is 24.0. The van der Waals surface area contributed by atoms with Gasteiger partial charge in [-0.3, -0.25) is 0 Å². The first-order valence-corrected chi connectivity index (χ1v) is 12.7. The number of rotatable bonds is 8. The van der Waals surface area contributed by atoms with Crippen molar-refractivity contribution in [3.63, 3.8) is 0 Å². The molecule has 0 bridgehead atoms. The SMILES string of the molecule is COc1ccc(/C(=C(/CCNC(=S)NC2CCCCC2)c2ccccc2)c2ccccc2)cc1. The molecule has 0 spiro atoms. The number of ether oxygens (including phenoxy) is 1. The second-order valence-electron chi connectivity index (χ2n) is 8.80. The molecule has 4 rings (SSSR count). The van der Waals surface area contributed by atoms with Crippen LogP contribution in [0.3, 0.4) is 0 Å². The summed E-state index contributed by atoms with van der Waals surface area (Å²) in [6.45, 7) is 0.773. The van der Waals surface area contributed by atoms with Crippen LogP contribution in [-0.4, -0.2) is 24.8 Å². The quantitative estimate of drug-likeness (QED) is 0.279. The second kappa shape index (κ2) is 12.4. The highest BCUT2D eigenvalue weighted by atomic mass is 32.1. The standard InChI is InChI=1S/C30H34N2OS/c1-33-27-19-17-25(18-20-27)29(24-13-7-3-8-14-24)28(23-11-5-2-6-12-23)21-22-31-30(34)32-26-15-9-4-10-16-26/h2-3,5-8,11-14,17-20,26H,4,9-10,15-16,21-22H2,1H3,(H2,31,32,34)/b29-28-. The molecule has 0 amide bonds. The molecule has 0 aromatic heterocycles. The van der Waals surface area contributed by atoms with E-state index >= 15 is 0 Å². The summed E-state index contributed by atoms with van der Waals surface area (Å²) >= 11 is 5.63. The van der Waals surface area contributed by atoms with E-state index in [9.17, 15) is 0 Å². The van der Waals surface area contributed by atoms with Gasteiger partial charge in [0.2, 0.25) is 0 Å². The molecular weight excluding hydrogens is 436 g/mol. The Morgan fingerprint density at radius 2 is 1.38 bits per heavy atom. The lowest BCUT2D eigenvalue weighted by molar-refractivity contribution is 0.412. The summed E-state index contributed by atoms with van der Waals surface area (Å²) in [4.78, 5) is 0. The number of methoxy groups -OCH3 is 1. The smallest absolute Gasteiger partial charge is 0.166 e. The van der Waals surface area contributed by atoms with Crippen molar-refractivity contribution in [3.05, 3.63) is 102 Å². The highest BCUT2D eigenvalue weighted by molar-refractivity contribution is 7.80. The summed E-state index contributed by atoms with van der Waals surface area (Å²) < 4.78 is 5.41. The van der Waals surface area contributed by atoms with Gasteiger partial charge in [-0.1, -0.05) is 92.1 Å². The Bertz CT molecular complexity index is 1070. The Morgan fingerprint density at radius 1 is 0.794 bits per heavy atom. The topological polar surface area (TPSA) is 33.3 Å². The van der Waals surface area contributed by atoms with E-state index in [-0.39, 0.29) is 0 Å². The Balaban J connectivity index is 1.63. The minimum Gasteiger partial charge on any atom is -0.497 e. The zero-order chi connectivity index (χ0) is 23.6. The second-order valence-corrected chi connectivity index (χ2v) is 9.21. The Labute approximate surface area is 209 Å². The maximum absolute atomic E-state index is 5.63. The van der Waals surface area contributed by atoms with Crippen LogP contribution in [0.2, 0.25) is 0 Å². The number of thiocarbonyl (C=S) groups is 1. The van der Waals surface area contributed by atoms with E-state index in [1.54, 1.807) is 7.11 Å². The molecule has 3 aromatic carbocycles. The van der Waals surface area contributed by atoms with Crippen LogP contribution in [0.1, 0.15) is 55.2 Å². The van der Waals surface area contributed by atoms with Gasteiger partial charge in [0.15, 0.2) is 5.11 Å². The van der Waals surface area contributed by atoms with E-state index in [1.807, 2.05) is 12.1 Å². The molecule has 1 aliphatic carbocycles. The van der Waals surface area contributed by atoms with Gasteiger partial charge in [-0.2, -0.15) is 0 Å². The predicted molar refractivity (Wildman–Crippen MR) is 147 cm³/mol. The van der Waals surface area contributed by atoms with Gasteiger partial charge in [0.25, 0.3) is 0 Å². The number of benzene rings is 3. The molecule has 1 aliphatic rings. The van der Waals surface area contributed by atoms with E-state index in [0.29, 0.717) is 6.04 Å². The summed E-state index contributed by atoms with van der Waals surface area (Å²) in [6.07, 6.45) is 7.22. The number of hydrogen-bond acceptors (Lipinski definition) is 2. The molecule has 34 heavy (non-hydrogen) atoms. The van der Waals surface area contributed by atoms with E-state index in [1.165, 1.54) is 59.9 Å². The fraction of sp³-hybridized carbons (Fsp3) is 0.300. The molecule has 0 heterocycles. The van der Waals surface area contributed by atoms with Gasteiger partial charge in [-0.15, -0.1) is 0 Å². The minimum absolute atomic E-state index is 0.511. The van der Waals surface area contributed by atoms with Crippen LogP contribution in [0.25, 0.3) is 11.1 Å². The fourth-order valence-corrected chi connectivity index (χ4v) is 4.98. The van der Waals surface area contributed by atoms with Crippen LogP contribution in [-0.2, 0) is 0 Å². The molecule has 0 unspecified atom stereocenters. The van der Waals surface area contributed by atoms with Gasteiger partial charge < -0.3 is 15.4 Å². The summed E-state index contributed by atoms with van der Waals surface area (Å²) in [5, 5.41) is 7.77. The monoisotopic (exact) mass is 470 g/mol. The molecular formula is C30H34N2OS. The van der Waals surface area contributed by atoms with Crippen LogP contribution >= 0.6 is 12.2 Å². The molecule has 0 aliphatic heterocycles. The molecule has 0 saturated heterocycles. The van der Waals surface area contributed by atoms with Crippen LogP contribution in [0, 0.1) is 0 Å².